The predicted octanol–water partition coefficient (Wildman–Crippen LogP) is 4.88. The van der Waals surface area contributed by atoms with Crippen LogP contribution in [-0.4, -0.2) is 41.7 Å². The minimum atomic E-state index is -5.30. The highest BCUT2D eigenvalue weighted by atomic mass is 35.5. The van der Waals surface area contributed by atoms with Crippen LogP contribution >= 0.6 is 11.6 Å². The van der Waals surface area contributed by atoms with Crippen molar-refractivity contribution in [3.05, 3.63) is 76.2 Å². The Hall–Kier alpha value is -3.74. The molecule has 0 saturated carbocycles. The third kappa shape index (κ3) is 6.69. The van der Waals surface area contributed by atoms with Gasteiger partial charge in [-0.25, -0.2) is 9.37 Å². The van der Waals surface area contributed by atoms with Crippen LogP contribution in [0.15, 0.2) is 48.5 Å². The molecule has 1 atom stereocenters. The highest BCUT2D eigenvalue weighted by molar-refractivity contribution is 6.31. The summed E-state index contributed by atoms with van der Waals surface area (Å²) in [5, 5.41) is 15.3. The Kier molecular flexibility index (Phi) is 8.77. The van der Waals surface area contributed by atoms with E-state index in [1.807, 2.05) is 0 Å². The van der Waals surface area contributed by atoms with Crippen molar-refractivity contribution < 1.29 is 37.0 Å². The Morgan fingerprint density at radius 2 is 1.77 bits per heavy atom. The van der Waals surface area contributed by atoms with Crippen LogP contribution < -0.4 is 21.1 Å². The normalized spacial score (nSPS) is 13.4. The number of halogens is 5. The maximum atomic E-state index is 14.4. The van der Waals surface area contributed by atoms with E-state index in [2.05, 4.69) is 15.6 Å². The molecule has 0 aliphatic rings. The summed E-state index contributed by atoms with van der Waals surface area (Å²) in [6.45, 7) is 3.04. The number of amides is 2. The Morgan fingerprint density at radius 3 is 2.33 bits per heavy atom. The molecule has 1 aromatic heterocycles. The number of pyridine rings is 1. The van der Waals surface area contributed by atoms with Gasteiger partial charge in [-0.1, -0.05) is 11.6 Å². The number of nitrogens with two attached hydrogens (primary N) is 1. The standard InChI is InChI=1S/C27H27ClF4N4O4/c1-14(37)35-20-8-6-16(10-22(20)40-4)24(38)34-13-26(39,27(30,31)32)23-12-17(25(2,3)33)11-21(36-23)15-5-7-19(29)18(28)9-15/h5-12,39H,13,33H2,1-4H3,(H,34,38)(H,35,37). The van der Waals surface area contributed by atoms with E-state index in [1.165, 1.54) is 50.4 Å². The summed E-state index contributed by atoms with van der Waals surface area (Å²) in [5.74, 6) is -2.01. The lowest BCUT2D eigenvalue weighted by Gasteiger charge is -2.32. The molecule has 0 spiro atoms. The van der Waals surface area contributed by atoms with E-state index >= 15 is 0 Å². The first-order valence-electron chi connectivity index (χ1n) is 11.8. The monoisotopic (exact) mass is 582 g/mol. The maximum absolute atomic E-state index is 14.4. The fourth-order valence-electron chi connectivity index (χ4n) is 3.69. The number of alkyl halides is 3. The molecular formula is C27H27ClF4N4O4. The molecule has 2 amide bonds. The zero-order valence-electron chi connectivity index (χ0n) is 21.9. The molecule has 1 heterocycles. The van der Waals surface area contributed by atoms with Gasteiger partial charge in [-0.3, -0.25) is 9.59 Å². The molecule has 13 heteroatoms. The topological polar surface area (TPSA) is 127 Å². The lowest BCUT2D eigenvalue weighted by atomic mass is 9.89. The number of hydrogen-bond donors (Lipinski definition) is 4. The van der Waals surface area contributed by atoms with E-state index in [0.717, 1.165) is 12.1 Å². The second-order valence-electron chi connectivity index (χ2n) is 9.61. The van der Waals surface area contributed by atoms with Crippen LogP contribution in [0.1, 0.15) is 42.4 Å². The van der Waals surface area contributed by atoms with Crippen LogP contribution in [0.25, 0.3) is 11.3 Å². The number of nitrogens with zero attached hydrogens (tertiary/aromatic N) is 1. The van der Waals surface area contributed by atoms with Crippen LogP contribution in [0.2, 0.25) is 5.02 Å². The SMILES string of the molecule is COc1cc(C(=O)NCC(O)(c2cc(C(C)(C)N)cc(-c3ccc(F)c(Cl)c3)n2)C(F)(F)F)ccc1NC(C)=O. The Morgan fingerprint density at radius 1 is 1.10 bits per heavy atom. The average Bonchev–Trinajstić information content (AvgIpc) is 2.87. The number of nitrogens with one attached hydrogen (secondary N) is 2. The summed E-state index contributed by atoms with van der Waals surface area (Å²) in [6, 6.07) is 9.72. The van der Waals surface area contributed by atoms with Crippen LogP contribution in [0.3, 0.4) is 0 Å². The molecule has 5 N–H and O–H groups in total. The van der Waals surface area contributed by atoms with Gasteiger partial charge in [-0.15, -0.1) is 0 Å². The number of methoxy groups -OCH3 is 1. The number of rotatable bonds is 8. The summed E-state index contributed by atoms with van der Waals surface area (Å²) < 4.78 is 62.1. The number of aromatic nitrogens is 1. The van der Waals surface area contributed by atoms with Crippen LogP contribution in [0.4, 0.5) is 23.2 Å². The summed E-state index contributed by atoms with van der Waals surface area (Å²) in [7, 11) is 1.29. The molecule has 0 bridgehead atoms. The van der Waals surface area contributed by atoms with Crippen molar-refractivity contribution >= 4 is 29.1 Å². The fraction of sp³-hybridized carbons (Fsp3) is 0.296. The van der Waals surface area contributed by atoms with Crippen molar-refractivity contribution in [1.29, 1.82) is 0 Å². The Bertz CT molecular complexity index is 1440. The van der Waals surface area contributed by atoms with Crippen molar-refractivity contribution in [3.8, 4) is 17.0 Å². The molecule has 0 radical (unpaired) electrons. The van der Waals surface area contributed by atoms with Crippen molar-refractivity contribution in [2.75, 3.05) is 19.0 Å². The van der Waals surface area contributed by atoms with Gasteiger partial charge < -0.3 is 26.2 Å². The number of benzene rings is 2. The number of anilines is 1. The molecule has 3 aromatic rings. The molecule has 3 rings (SSSR count). The van der Waals surface area contributed by atoms with E-state index in [0.29, 0.717) is 0 Å². The van der Waals surface area contributed by atoms with Gasteiger partial charge in [0.15, 0.2) is 0 Å². The number of aliphatic hydroxyl groups is 1. The van der Waals surface area contributed by atoms with Gasteiger partial charge in [0.25, 0.3) is 5.91 Å². The van der Waals surface area contributed by atoms with E-state index in [1.54, 1.807) is 13.8 Å². The predicted molar refractivity (Wildman–Crippen MR) is 141 cm³/mol. The van der Waals surface area contributed by atoms with Gasteiger partial charge in [-0.05, 0) is 67.9 Å². The summed E-state index contributed by atoms with van der Waals surface area (Å²) in [5.41, 5.74) is 0.958. The summed E-state index contributed by atoms with van der Waals surface area (Å²) in [4.78, 5) is 28.2. The van der Waals surface area contributed by atoms with Gasteiger partial charge >= 0.3 is 6.18 Å². The lowest BCUT2D eigenvalue weighted by molar-refractivity contribution is -0.265. The van der Waals surface area contributed by atoms with Crippen molar-refractivity contribution in [2.24, 2.45) is 5.73 Å². The Labute approximate surface area is 232 Å². The second-order valence-corrected chi connectivity index (χ2v) is 10.0. The van der Waals surface area contributed by atoms with Crippen LogP contribution in [0.5, 0.6) is 5.75 Å². The molecule has 8 nitrogen and oxygen atoms in total. The maximum Gasteiger partial charge on any atom is 0.424 e. The number of carbonyl (C=O) groups is 2. The minimum absolute atomic E-state index is 0.0553. The molecule has 2 aromatic carbocycles. The molecular weight excluding hydrogens is 556 g/mol. The minimum Gasteiger partial charge on any atom is -0.495 e. The smallest absolute Gasteiger partial charge is 0.424 e. The first-order valence-corrected chi connectivity index (χ1v) is 12.1. The zero-order valence-corrected chi connectivity index (χ0v) is 22.7. The van der Waals surface area contributed by atoms with Gasteiger partial charge in [0.1, 0.15) is 11.6 Å². The number of ether oxygens (including phenoxy) is 1. The average molecular weight is 583 g/mol. The van der Waals surface area contributed by atoms with E-state index < -0.39 is 47.2 Å². The molecule has 0 fully saturated rings. The fourth-order valence-corrected chi connectivity index (χ4v) is 3.87. The third-order valence-electron chi connectivity index (χ3n) is 5.96. The lowest BCUT2D eigenvalue weighted by Crippen LogP contribution is -2.51. The number of carbonyl (C=O) groups excluding carboxylic acids is 2. The van der Waals surface area contributed by atoms with Crippen LogP contribution in [-0.2, 0) is 15.9 Å². The zero-order chi connectivity index (χ0) is 30.0. The first kappa shape index (κ1) is 30.8. The van der Waals surface area contributed by atoms with E-state index in [4.69, 9.17) is 22.1 Å². The van der Waals surface area contributed by atoms with Crippen molar-refractivity contribution in [1.82, 2.24) is 10.3 Å². The molecule has 0 aliphatic heterocycles. The van der Waals surface area contributed by atoms with Gasteiger partial charge in [0.05, 0.1) is 35.8 Å². The van der Waals surface area contributed by atoms with Gasteiger partial charge in [0, 0.05) is 23.6 Å². The second kappa shape index (κ2) is 11.4. The molecule has 40 heavy (non-hydrogen) atoms. The van der Waals surface area contributed by atoms with Crippen LogP contribution in [0, 0.1) is 5.82 Å². The van der Waals surface area contributed by atoms with E-state index in [9.17, 15) is 32.3 Å². The number of hydrogen-bond acceptors (Lipinski definition) is 6. The van der Waals surface area contributed by atoms with Gasteiger partial charge in [-0.2, -0.15) is 13.2 Å². The highest BCUT2D eigenvalue weighted by Gasteiger charge is 2.56. The van der Waals surface area contributed by atoms with E-state index in [-0.39, 0.29) is 38.8 Å². The molecule has 0 saturated heterocycles. The van der Waals surface area contributed by atoms with Crippen molar-refractivity contribution in [3.63, 3.8) is 0 Å². The van der Waals surface area contributed by atoms with Crippen molar-refractivity contribution in [2.45, 2.75) is 38.1 Å². The summed E-state index contributed by atoms with van der Waals surface area (Å²) in [6.07, 6.45) is -5.30. The first-order chi connectivity index (χ1) is 18.5. The summed E-state index contributed by atoms with van der Waals surface area (Å²) >= 11 is 5.86. The molecule has 1 unspecified atom stereocenters. The quantitative estimate of drug-likeness (QED) is 0.280. The molecule has 214 valence electrons. The third-order valence-corrected chi connectivity index (χ3v) is 6.25. The molecule has 0 aliphatic carbocycles. The Balaban J connectivity index is 2.04. The largest absolute Gasteiger partial charge is 0.495 e. The van der Waals surface area contributed by atoms with Gasteiger partial charge in [0.2, 0.25) is 11.5 Å². The highest BCUT2D eigenvalue weighted by Crippen LogP contribution is 2.40.